The summed E-state index contributed by atoms with van der Waals surface area (Å²) in [7, 11) is 0. The molecule has 1 heterocycles. The largest absolute Gasteiger partial charge is 0.382 e. The normalized spacial score (nSPS) is 13.0. The summed E-state index contributed by atoms with van der Waals surface area (Å²) >= 11 is 0. The Hall–Kier alpha value is -3.90. The zero-order chi connectivity index (χ0) is 22.8. The van der Waals surface area contributed by atoms with Gasteiger partial charge in [-0.1, -0.05) is 60.7 Å². The third-order valence-corrected chi connectivity index (χ3v) is 5.79. The molecule has 1 aromatic heterocycles. The van der Waals surface area contributed by atoms with Gasteiger partial charge >= 0.3 is 0 Å². The quantitative estimate of drug-likeness (QED) is 0.475. The van der Waals surface area contributed by atoms with Crippen molar-refractivity contribution in [2.45, 2.75) is 25.4 Å². The Labute approximate surface area is 191 Å². The third kappa shape index (κ3) is 4.38. The first-order valence-electron chi connectivity index (χ1n) is 10.8. The van der Waals surface area contributed by atoms with E-state index in [1.807, 2.05) is 48.5 Å². The predicted octanol–water partition coefficient (Wildman–Crippen LogP) is 4.64. The molecule has 33 heavy (non-hydrogen) atoms. The first kappa shape index (κ1) is 21.0. The van der Waals surface area contributed by atoms with Crippen molar-refractivity contribution in [2.75, 3.05) is 5.32 Å². The fraction of sp³-hybridized carbons (Fsp3) is 0.148. The molecule has 4 aromatic rings. The average molecular weight is 439 g/mol. The Morgan fingerprint density at radius 3 is 2.45 bits per heavy atom. The van der Waals surface area contributed by atoms with Gasteiger partial charge in [-0.15, -0.1) is 0 Å². The van der Waals surface area contributed by atoms with Gasteiger partial charge in [0, 0.05) is 5.56 Å². The maximum atomic E-state index is 13.8. The number of nitrogens with one attached hydrogen (secondary N) is 1. The lowest BCUT2D eigenvalue weighted by Crippen LogP contribution is -2.21. The predicted molar refractivity (Wildman–Crippen MR) is 124 cm³/mol. The standard InChI is InChI=1S/C27H22FN3O2/c28-20-12-13-21-19(16-20)11-14-22-24(21)31-25(26(33)18-9-5-2-6-10-18)27(29-22)30-23(32)15-17-7-3-1-4-8-17/h1-10,12-13,16,26,33H,11,14-15H2,(H,29,30,32). The lowest BCUT2D eigenvalue weighted by atomic mass is 9.91. The van der Waals surface area contributed by atoms with Crippen LogP contribution in [-0.4, -0.2) is 21.0 Å². The van der Waals surface area contributed by atoms with Crippen LogP contribution < -0.4 is 5.32 Å². The lowest BCUT2D eigenvalue weighted by molar-refractivity contribution is -0.115. The molecule has 0 aliphatic heterocycles. The third-order valence-electron chi connectivity index (χ3n) is 5.79. The van der Waals surface area contributed by atoms with E-state index < -0.39 is 6.10 Å². The van der Waals surface area contributed by atoms with E-state index in [1.165, 1.54) is 12.1 Å². The summed E-state index contributed by atoms with van der Waals surface area (Å²) in [5.41, 5.74) is 4.77. The van der Waals surface area contributed by atoms with E-state index >= 15 is 0 Å². The topological polar surface area (TPSA) is 75.1 Å². The fourth-order valence-electron chi connectivity index (χ4n) is 4.16. The summed E-state index contributed by atoms with van der Waals surface area (Å²) in [6.45, 7) is 0. The number of hydrogen-bond donors (Lipinski definition) is 2. The van der Waals surface area contributed by atoms with Crippen LogP contribution in [-0.2, 0) is 24.1 Å². The molecule has 1 amide bonds. The van der Waals surface area contributed by atoms with E-state index in [9.17, 15) is 14.3 Å². The number of aliphatic hydroxyl groups excluding tert-OH is 1. The zero-order valence-corrected chi connectivity index (χ0v) is 17.8. The summed E-state index contributed by atoms with van der Waals surface area (Å²) in [6, 6.07) is 23.2. The van der Waals surface area contributed by atoms with Crippen molar-refractivity contribution in [3.63, 3.8) is 0 Å². The molecule has 1 unspecified atom stereocenters. The summed E-state index contributed by atoms with van der Waals surface area (Å²) in [5.74, 6) is -0.286. The molecule has 6 heteroatoms. The summed E-state index contributed by atoms with van der Waals surface area (Å²) in [4.78, 5) is 22.3. The number of aryl methyl sites for hydroxylation is 2. The number of halogens is 1. The molecule has 2 N–H and O–H groups in total. The van der Waals surface area contributed by atoms with Gasteiger partial charge in [0.2, 0.25) is 5.91 Å². The number of carbonyl (C=O) groups is 1. The number of amides is 1. The van der Waals surface area contributed by atoms with E-state index in [-0.39, 0.29) is 29.7 Å². The number of rotatable bonds is 5. The minimum absolute atomic E-state index is 0.183. The molecule has 1 aliphatic rings. The van der Waals surface area contributed by atoms with Crippen molar-refractivity contribution < 1.29 is 14.3 Å². The smallest absolute Gasteiger partial charge is 0.229 e. The van der Waals surface area contributed by atoms with Gasteiger partial charge in [-0.25, -0.2) is 14.4 Å². The molecule has 1 aliphatic carbocycles. The Morgan fingerprint density at radius 2 is 1.70 bits per heavy atom. The SMILES string of the molecule is O=C(Cc1ccccc1)Nc1nc2c(nc1C(O)c1ccccc1)-c1ccc(F)cc1CC2. The first-order chi connectivity index (χ1) is 16.1. The monoisotopic (exact) mass is 439 g/mol. The van der Waals surface area contributed by atoms with Crippen LogP contribution in [0.4, 0.5) is 10.2 Å². The van der Waals surface area contributed by atoms with E-state index in [2.05, 4.69) is 5.32 Å². The molecule has 0 saturated heterocycles. The highest BCUT2D eigenvalue weighted by Gasteiger charge is 2.26. The molecule has 3 aromatic carbocycles. The molecule has 0 fully saturated rings. The first-order valence-corrected chi connectivity index (χ1v) is 10.8. The number of hydrogen-bond acceptors (Lipinski definition) is 4. The maximum absolute atomic E-state index is 13.8. The van der Waals surface area contributed by atoms with Crippen LogP contribution in [0.1, 0.15) is 34.2 Å². The molecule has 164 valence electrons. The second-order valence-electron chi connectivity index (χ2n) is 8.08. The van der Waals surface area contributed by atoms with Crippen molar-refractivity contribution in [2.24, 2.45) is 0 Å². The van der Waals surface area contributed by atoms with Crippen LogP contribution in [0, 0.1) is 5.82 Å². The van der Waals surface area contributed by atoms with Crippen LogP contribution in [0.15, 0.2) is 78.9 Å². The van der Waals surface area contributed by atoms with Crippen molar-refractivity contribution in [3.05, 3.63) is 113 Å². The number of fused-ring (bicyclic) bond motifs is 3. The van der Waals surface area contributed by atoms with Gasteiger partial charge in [-0.05, 0) is 47.7 Å². The van der Waals surface area contributed by atoms with E-state index in [4.69, 9.17) is 9.97 Å². The molecular weight excluding hydrogens is 417 g/mol. The fourth-order valence-corrected chi connectivity index (χ4v) is 4.16. The van der Waals surface area contributed by atoms with Gasteiger partial charge < -0.3 is 10.4 Å². The van der Waals surface area contributed by atoms with Gasteiger partial charge in [0.1, 0.15) is 17.6 Å². The van der Waals surface area contributed by atoms with Crippen molar-refractivity contribution in [1.29, 1.82) is 0 Å². The van der Waals surface area contributed by atoms with Crippen molar-refractivity contribution in [3.8, 4) is 11.3 Å². The van der Waals surface area contributed by atoms with E-state index in [0.717, 1.165) is 16.7 Å². The van der Waals surface area contributed by atoms with E-state index in [1.54, 1.807) is 18.2 Å². The minimum Gasteiger partial charge on any atom is -0.382 e. The lowest BCUT2D eigenvalue weighted by Gasteiger charge is -2.22. The van der Waals surface area contributed by atoms with Crippen LogP contribution in [0.2, 0.25) is 0 Å². The number of aliphatic hydroxyl groups is 1. The maximum Gasteiger partial charge on any atom is 0.229 e. The number of anilines is 1. The Bertz CT molecular complexity index is 1310. The highest BCUT2D eigenvalue weighted by molar-refractivity contribution is 5.92. The summed E-state index contributed by atoms with van der Waals surface area (Å²) < 4.78 is 13.8. The molecule has 0 bridgehead atoms. The molecule has 1 atom stereocenters. The molecule has 0 radical (unpaired) electrons. The van der Waals surface area contributed by atoms with Gasteiger partial charge in [0.25, 0.3) is 0 Å². The minimum atomic E-state index is -1.08. The molecule has 5 rings (SSSR count). The molecule has 0 saturated carbocycles. The molecule has 0 spiro atoms. The molecular formula is C27H22FN3O2. The van der Waals surface area contributed by atoms with Crippen molar-refractivity contribution >= 4 is 11.7 Å². The second-order valence-corrected chi connectivity index (χ2v) is 8.08. The number of aromatic nitrogens is 2. The summed E-state index contributed by atoms with van der Waals surface area (Å²) in [6.07, 6.45) is 0.305. The number of nitrogens with zero attached hydrogens (tertiary/aromatic N) is 2. The second kappa shape index (κ2) is 8.92. The van der Waals surface area contributed by atoms with Gasteiger partial charge in [0.05, 0.1) is 17.8 Å². The highest BCUT2D eigenvalue weighted by Crippen LogP contribution is 2.35. The number of benzene rings is 3. The molecule has 5 nitrogen and oxygen atoms in total. The highest BCUT2D eigenvalue weighted by atomic mass is 19.1. The zero-order valence-electron chi connectivity index (χ0n) is 17.8. The van der Waals surface area contributed by atoms with Crippen molar-refractivity contribution in [1.82, 2.24) is 9.97 Å². The Morgan fingerprint density at radius 1 is 0.970 bits per heavy atom. The van der Waals surface area contributed by atoms with Crippen LogP contribution in [0.25, 0.3) is 11.3 Å². The number of carbonyl (C=O) groups excluding carboxylic acids is 1. The van der Waals surface area contributed by atoms with Gasteiger partial charge in [-0.3, -0.25) is 4.79 Å². The Kier molecular flexibility index (Phi) is 5.67. The summed E-state index contributed by atoms with van der Waals surface area (Å²) in [5, 5.41) is 14.0. The van der Waals surface area contributed by atoms with Crippen LogP contribution >= 0.6 is 0 Å². The van der Waals surface area contributed by atoms with Crippen LogP contribution in [0.3, 0.4) is 0 Å². The Balaban J connectivity index is 1.56. The van der Waals surface area contributed by atoms with Gasteiger partial charge in [0.15, 0.2) is 5.82 Å². The van der Waals surface area contributed by atoms with Gasteiger partial charge in [-0.2, -0.15) is 0 Å². The van der Waals surface area contributed by atoms with Crippen LogP contribution in [0.5, 0.6) is 0 Å². The van der Waals surface area contributed by atoms with E-state index in [0.29, 0.717) is 29.8 Å². The average Bonchev–Trinajstić information content (AvgIpc) is 2.84.